The van der Waals surface area contributed by atoms with Crippen LogP contribution in [-0.2, 0) is 14.6 Å². The molecule has 1 amide bonds. The maximum atomic E-state index is 12.6. The topological polar surface area (TPSA) is 83.1 Å². The highest BCUT2D eigenvalue weighted by Crippen LogP contribution is 2.27. The van der Waals surface area contributed by atoms with Crippen molar-refractivity contribution in [1.29, 1.82) is 0 Å². The number of carbonyl (C=O) groups excluding carboxylic acids is 1. The molecule has 6 nitrogen and oxygen atoms in total. The van der Waals surface area contributed by atoms with Crippen LogP contribution in [0.3, 0.4) is 0 Å². The lowest BCUT2D eigenvalue weighted by atomic mass is 10.2. The Morgan fingerprint density at radius 2 is 2.08 bits per heavy atom. The highest BCUT2D eigenvalue weighted by atomic mass is 79.9. The van der Waals surface area contributed by atoms with Gasteiger partial charge in [-0.15, -0.1) is 0 Å². The van der Waals surface area contributed by atoms with Crippen LogP contribution in [0.25, 0.3) is 11.3 Å². The summed E-state index contributed by atoms with van der Waals surface area (Å²) in [6.45, 7) is 1.81. The van der Waals surface area contributed by atoms with Gasteiger partial charge in [0.25, 0.3) is 0 Å². The Hall–Kier alpha value is -1.32. The van der Waals surface area contributed by atoms with Crippen LogP contribution in [0, 0.1) is 0 Å². The number of nitrogens with one attached hydrogen (secondary N) is 1. The summed E-state index contributed by atoms with van der Waals surface area (Å²) in [6.07, 6.45) is 2.26. The molecule has 3 rings (SSSR count). The lowest BCUT2D eigenvalue weighted by Crippen LogP contribution is -2.41. The number of halogens is 1. The van der Waals surface area contributed by atoms with Crippen molar-refractivity contribution in [1.82, 2.24) is 14.9 Å². The maximum Gasteiger partial charge on any atom is 0.235 e. The van der Waals surface area contributed by atoms with Crippen LogP contribution in [0.5, 0.6) is 0 Å². The van der Waals surface area contributed by atoms with Gasteiger partial charge < -0.3 is 9.88 Å². The Morgan fingerprint density at radius 1 is 1.38 bits per heavy atom. The minimum atomic E-state index is -3.01. The van der Waals surface area contributed by atoms with Gasteiger partial charge in [-0.05, 0) is 31.0 Å². The Labute approximate surface area is 165 Å². The predicted octanol–water partition coefficient (Wildman–Crippen LogP) is 2.97. The fourth-order valence-electron chi connectivity index (χ4n) is 2.90. The first-order chi connectivity index (χ1) is 12.2. The third kappa shape index (κ3) is 4.50. The number of amides is 1. The number of rotatable bonds is 5. The van der Waals surface area contributed by atoms with Gasteiger partial charge in [0.05, 0.1) is 28.6 Å². The van der Waals surface area contributed by atoms with Gasteiger partial charge in [-0.25, -0.2) is 13.4 Å². The standard InChI is InChI=1S/C17H20BrN3O3S2/c1-11(16(22)21(2)14-7-8-26(23,24)10-14)25-17-19-9-15(20-17)12-3-5-13(18)6-4-12/h3-6,9,11,14H,7-8,10H2,1-2H3,(H,19,20)/t11-,14-/m1/s1. The molecule has 1 aliphatic rings. The molecule has 1 saturated heterocycles. The van der Waals surface area contributed by atoms with E-state index in [4.69, 9.17) is 0 Å². The van der Waals surface area contributed by atoms with E-state index in [-0.39, 0.29) is 28.7 Å². The quantitative estimate of drug-likeness (QED) is 0.697. The van der Waals surface area contributed by atoms with Gasteiger partial charge in [0, 0.05) is 17.6 Å². The smallest absolute Gasteiger partial charge is 0.235 e. The lowest BCUT2D eigenvalue weighted by Gasteiger charge is -2.25. The largest absolute Gasteiger partial charge is 0.341 e. The summed E-state index contributed by atoms with van der Waals surface area (Å²) in [5.74, 6) is 0.130. The first-order valence-corrected chi connectivity index (χ1v) is 11.7. The molecule has 140 valence electrons. The van der Waals surface area contributed by atoms with Crippen molar-refractivity contribution in [2.45, 2.75) is 29.8 Å². The number of imidazole rings is 1. The molecule has 2 aromatic rings. The van der Waals surface area contributed by atoms with Crippen LogP contribution < -0.4 is 0 Å². The SMILES string of the molecule is C[C@@H](Sc1ncc(-c2ccc(Br)cc2)[nH]1)C(=O)N(C)[C@@H]1CCS(=O)(=O)C1. The zero-order valence-electron chi connectivity index (χ0n) is 14.5. The summed E-state index contributed by atoms with van der Waals surface area (Å²) in [5.41, 5.74) is 1.90. The fourth-order valence-corrected chi connectivity index (χ4v) is 5.83. The second kappa shape index (κ2) is 7.74. The van der Waals surface area contributed by atoms with Crippen LogP contribution in [0.1, 0.15) is 13.3 Å². The van der Waals surface area contributed by atoms with E-state index in [9.17, 15) is 13.2 Å². The molecule has 1 aromatic carbocycles. The second-order valence-electron chi connectivity index (χ2n) is 6.38. The highest BCUT2D eigenvalue weighted by Gasteiger charge is 2.34. The van der Waals surface area contributed by atoms with E-state index < -0.39 is 9.84 Å². The minimum Gasteiger partial charge on any atom is -0.341 e. The van der Waals surface area contributed by atoms with Crippen LogP contribution in [-0.4, -0.2) is 59.0 Å². The molecular formula is C17H20BrN3O3S2. The molecular weight excluding hydrogens is 438 g/mol. The Kier molecular flexibility index (Phi) is 5.78. The zero-order valence-corrected chi connectivity index (χ0v) is 17.7. The van der Waals surface area contributed by atoms with Crippen LogP contribution >= 0.6 is 27.7 Å². The molecule has 2 atom stereocenters. The molecule has 1 fully saturated rings. The molecule has 0 saturated carbocycles. The van der Waals surface area contributed by atoms with Gasteiger partial charge in [0.15, 0.2) is 15.0 Å². The number of nitrogens with zero attached hydrogens (tertiary/aromatic N) is 2. The number of aromatic amines is 1. The van der Waals surface area contributed by atoms with Crippen molar-refractivity contribution in [3.05, 3.63) is 34.9 Å². The summed E-state index contributed by atoms with van der Waals surface area (Å²) in [4.78, 5) is 21.8. The Balaban J connectivity index is 1.63. The van der Waals surface area contributed by atoms with E-state index in [1.54, 1.807) is 18.1 Å². The number of carbonyl (C=O) groups is 1. The van der Waals surface area contributed by atoms with Gasteiger partial charge in [-0.2, -0.15) is 0 Å². The fraction of sp³-hybridized carbons (Fsp3) is 0.412. The van der Waals surface area contributed by atoms with E-state index in [2.05, 4.69) is 25.9 Å². The molecule has 26 heavy (non-hydrogen) atoms. The first kappa shape index (κ1) is 19.4. The van der Waals surface area contributed by atoms with E-state index in [1.807, 2.05) is 31.2 Å². The Morgan fingerprint density at radius 3 is 2.69 bits per heavy atom. The van der Waals surface area contributed by atoms with Crippen molar-refractivity contribution in [2.24, 2.45) is 0 Å². The van der Waals surface area contributed by atoms with Gasteiger partial charge in [0.2, 0.25) is 5.91 Å². The number of H-pyrrole nitrogens is 1. The van der Waals surface area contributed by atoms with Gasteiger partial charge in [-0.3, -0.25) is 4.79 Å². The molecule has 9 heteroatoms. The van der Waals surface area contributed by atoms with Gasteiger partial charge in [-0.1, -0.05) is 39.8 Å². The van der Waals surface area contributed by atoms with Gasteiger partial charge in [0.1, 0.15) is 0 Å². The van der Waals surface area contributed by atoms with Gasteiger partial charge >= 0.3 is 0 Å². The monoisotopic (exact) mass is 457 g/mol. The van der Waals surface area contributed by atoms with Crippen molar-refractivity contribution >= 4 is 43.4 Å². The third-order valence-electron chi connectivity index (χ3n) is 4.45. The lowest BCUT2D eigenvalue weighted by molar-refractivity contribution is -0.130. The van der Waals surface area contributed by atoms with Crippen molar-refractivity contribution in [3.63, 3.8) is 0 Å². The van der Waals surface area contributed by atoms with Crippen molar-refractivity contribution < 1.29 is 13.2 Å². The summed E-state index contributed by atoms with van der Waals surface area (Å²) >= 11 is 4.75. The highest BCUT2D eigenvalue weighted by molar-refractivity contribution is 9.10. The first-order valence-electron chi connectivity index (χ1n) is 8.20. The average molecular weight is 458 g/mol. The molecule has 2 heterocycles. The van der Waals surface area contributed by atoms with Crippen LogP contribution in [0.4, 0.5) is 0 Å². The number of hydrogen-bond donors (Lipinski definition) is 1. The summed E-state index contributed by atoms with van der Waals surface area (Å²) < 4.78 is 24.3. The number of hydrogen-bond acceptors (Lipinski definition) is 5. The number of thioether (sulfide) groups is 1. The predicted molar refractivity (Wildman–Crippen MR) is 107 cm³/mol. The minimum absolute atomic E-state index is 0.0566. The zero-order chi connectivity index (χ0) is 18.9. The molecule has 0 bridgehead atoms. The molecule has 0 radical (unpaired) electrons. The maximum absolute atomic E-state index is 12.6. The number of benzene rings is 1. The summed E-state index contributed by atoms with van der Waals surface area (Å²) in [6, 6.07) is 7.65. The van der Waals surface area contributed by atoms with Crippen LogP contribution in [0.15, 0.2) is 40.1 Å². The van der Waals surface area contributed by atoms with E-state index in [1.165, 1.54) is 11.8 Å². The molecule has 1 aliphatic heterocycles. The summed E-state index contributed by atoms with van der Waals surface area (Å²) in [5, 5.41) is 0.309. The molecule has 0 spiro atoms. The number of aromatic nitrogens is 2. The average Bonchev–Trinajstić information content (AvgIpc) is 3.20. The molecule has 1 N–H and O–H groups in total. The Bertz CT molecular complexity index is 896. The molecule has 0 unspecified atom stereocenters. The van der Waals surface area contributed by atoms with Crippen molar-refractivity contribution in [3.8, 4) is 11.3 Å². The second-order valence-corrected chi connectivity index (χ2v) is 10.8. The third-order valence-corrected chi connectivity index (χ3v) is 7.71. The normalized spacial score (nSPS) is 20.0. The van der Waals surface area contributed by atoms with E-state index in [0.717, 1.165) is 15.7 Å². The molecule has 1 aromatic heterocycles. The van der Waals surface area contributed by atoms with Crippen molar-refractivity contribution in [2.75, 3.05) is 18.6 Å². The van der Waals surface area contributed by atoms with E-state index in [0.29, 0.717) is 11.6 Å². The van der Waals surface area contributed by atoms with E-state index >= 15 is 0 Å². The summed E-state index contributed by atoms with van der Waals surface area (Å²) in [7, 11) is -1.33. The number of sulfone groups is 1. The van der Waals surface area contributed by atoms with Crippen LogP contribution in [0.2, 0.25) is 0 Å². The molecule has 0 aliphatic carbocycles.